The normalized spacial score (nSPS) is 11.8. The lowest BCUT2D eigenvalue weighted by atomic mass is 10.1. The van der Waals surface area contributed by atoms with Crippen molar-refractivity contribution < 1.29 is 5.11 Å². The number of hydrogen-bond acceptors (Lipinski definition) is 6. The number of benzene rings is 1. The molecule has 1 aromatic carbocycles. The Morgan fingerprint density at radius 2 is 2.00 bits per heavy atom. The number of nitrogens with zero attached hydrogens (tertiary/aromatic N) is 3. The lowest BCUT2D eigenvalue weighted by Gasteiger charge is -2.17. The number of aromatic nitrogens is 2. The van der Waals surface area contributed by atoms with Crippen molar-refractivity contribution in [1.29, 1.82) is 5.26 Å². The van der Waals surface area contributed by atoms with Gasteiger partial charge in [-0.2, -0.15) is 5.26 Å². The lowest BCUT2D eigenvalue weighted by Crippen LogP contribution is -2.24. The van der Waals surface area contributed by atoms with Gasteiger partial charge in [0.05, 0.1) is 18.3 Å². The van der Waals surface area contributed by atoms with Crippen LogP contribution in [0.4, 0.5) is 5.82 Å². The third-order valence-electron chi connectivity index (χ3n) is 3.56. The Balaban J connectivity index is 2.57. The molecule has 5 nitrogen and oxygen atoms in total. The molecule has 0 spiro atoms. The number of aryl methyl sites for hydroxylation is 1. The Morgan fingerprint density at radius 1 is 1.30 bits per heavy atom. The number of aliphatic hydroxyl groups excluding tert-OH is 1. The van der Waals surface area contributed by atoms with Gasteiger partial charge in [-0.3, -0.25) is 0 Å². The highest BCUT2D eigenvalue weighted by Crippen LogP contribution is 2.29. The van der Waals surface area contributed by atoms with Crippen molar-refractivity contribution in [3.05, 3.63) is 35.4 Å². The molecule has 6 heteroatoms. The molecule has 0 bridgehead atoms. The van der Waals surface area contributed by atoms with Crippen molar-refractivity contribution in [2.45, 2.75) is 31.5 Å². The molecular formula is C17H20N4OS. The van der Waals surface area contributed by atoms with Crippen LogP contribution in [0.1, 0.15) is 24.5 Å². The summed E-state index contributed by atoms with van der Waals surface area (Å²) in [5.41, 5.74) is 3.04. The topological polar surface area (TPSA) is 81.8 Å². The molecule has 0 radical (unpaired) electrons. The highest BCUT2D eigenvalue weighted by atomic mass is 32.2. The third-order valence-corrected chi connectivity index (χ3v) is 4.11. The summed E-state index contributed by atoms with van der Waals surface area (Å²) in [7, 11) is 0. The van der Waals surface area contributed by atoms with E-state index < -0.39 is 0 Å². The van der Waals surface area contributed by atoms with E-state index in [1.807, 2.05) is 44.4 Å². The molecular weight excluding hydrogens is 308 g/mol. The third kappa shape index (κ3) is 4.01. The average Bonchev–Trinajstić information content (AvgIpc) is 2.59. The SMILES string of the molecule is CC[C@@H](CO)Nc1nc(SC)nc(-c2ccc(C)cc2)c1C#N. The quantitative estimate of drug-likeness (QED) is 0.626. The minimum Gasteiger partial charge on any atom is -0.394 e. The van der Waals surface area contributed by atoms with Gasteiger partial charge in [0.2, 0.25) is 0 Å². The first-order chi connectivity index (χ1) is 11.1. The Morgan fingerprint density at radius 3 is 2.52 bits per heavy atom. The maximum absolute atomic E-state index is 9.60. The van der Waals surface area contributed by atoms with Crippen molar-refractivity contribution in [3.8, 4) is 17.3 Å². The number of rotatable bonds is 6. The van der Waals surface area contributed by atoms with E-state index in [2.05, 4.69) is 21.4 Å². The van der Waals surface area contributed by atoms with Crippen LogP contribution in [-0.2, 0) is 0 Å². The second-order valence-electron chi connectivity index (χ2n) is 5.19. The summed E-state index contributed by atoms with van der Waals surface area (Å²) in [6.07, 6.45) is 2.63. The summed E-state index contributed by atoms with van der Waals surface area (Å²) in [6.45, 7) is 3.97. The fourth-order valence-electron chi connectivity index (χ4n) is 2.13. The molecule has 2 N–H and O–H groups in total. The summed E-state index contributed by atoms with van der Waals surface area (Å²) >= 11 is 1.42. The molecule has 0 saturated heterocycles. The van der Waals surface area contributed by atoms with Gasteiger partial charge in [-0.15, -0.1) is 0 Å². The Labute approximate surface area is 140 Å². The van der Waals surface area contributed by atoms with Gasteiger partial charge in [0.15, 0.2) is 5.16 Å². The van der Waals surface area contributed by atoms with Gasteiger partial charge < -0.3 is 10.4 Å². The second kappa shape index (κ2) is 7.95. The maximum atomic E-state index is 9.60. The Bertz CT molecular complexity index is 706. The van der Waals surface area contributed by atoms with Gasteiger partial charge in [-0.25, -0.2) is 9.97 Å². The van der Waals surface area contributed by atoms with Crippen molar-refractivity contribution in [2.75, 3.05) is 18.2 Å². The number of nitrogens with one attached hydrogen (secondary N) is 1. The van der Waals surface area contributed by atoms with E-state index in [0.29, 0.717) is 22.2 Å². The first kappa shape index (κ1) is 17.3. The molecule has 0 unspecified atom stereocenters. The molecule has 1 aromatic heterocycles. The molecule has 1 atom stereocenters. The molecule has 23 heavy (non-hydrogen) atoms. The summed E-state index contributed by atoms with van der Waals surface area (Å²) < 4.78 is 0. The van der Waals surface area contributed by atoms with Crippen LogP contribution >= 0.6 is 11.8 Å². The average molecular weight is 328 g/mol. The predicted octanol–water partition coefficient (Wildman–Crippen LogP) is 3.23. The molecule has 0 amide bonds. The van der Waals surface area contributed by atoms with Gasteiger partial charge in [-0.05, 0) is 19.6 Å². The standard InChI is InChI=1S/C17H20N4OS/c1-4-13(10-22)19-16-14(9-18)15(20-17(21-16)23-3)12-7-5-11(2)6-8-12/h5-8,13,22H,4,10H2,1-3H3,(H,19,20,21)/t13-/m0/s1. The van der Waals surface area contributed by atoms with Crippen molar-refractivity contribution >= 4 is 17.6 Å². The van der Waals surface area contributed by atoms with Gasteiger partial charge in [0.25, 0.3) is 0 Å². The molecule has 0 aliphatic rings. The first-order valence-corrected chi connectivity index (χ1v) is 8.66. The lowest BCUT2D eigenvalue weighted by molar-refractivity contribution is 0.271. The van der Waals surface area contributed by atoms with Crippen molar-refractivity contribution in [3.63, 3.8) is 0 Å². The van der Waals surface area contributed by atoms with Crippen LogP contribution in [0, 0.1) is 18.3 Å². The van der Waals surface area contributed by atoms with E-state index in [-0.39, 0.29) is 12.6 Å². The fraction of sp³-hybridized carbons (Fsp3) is 0.353. The zero-order chi connectivity index (χ0) is 16.8. The summed E-state index contributed by atoms with van der Waals surface area (Å²) in [6, 6.07) is 9.96. The van der Waals surface area contributed by atoms with E-state index in [9.17, 15) is 10.4 Å². The zero-order valence-corrected chi connectivity index (χ0v) is 14.3. The number of nitriles is 1. The van der Waals surface area contributed by atoms with Crippen molar-refractivity contribution in [2.24, 2.45) is 0 Å². The van der Waals surface area contributed by atoms with Crippen LogP contribution in [0.2, 0.25) is 0 Å². The van der Waals surface area contributed by atoms with Gasteiger partial charge in [-0.1, -0.05) is 48.5 Å². The molecule has 0 aliphatic carbocycles. The molecule has 2 rings (SSSR count). The molecule has 0 saturated carbocycles. The molecule has 120 valence electrons. The van der Waals surface area contributed by atoms with Crippen molar-refractivity contribution in [1.82, 2.24) is 9.97 Å². The highest BCUT2D eigenvalue weighted by Gasteiger charge is 2.17. The van der Waals surface area contributed by atoms with Crippen LogP contribution in [-0.4, -0.2) is 34.0 Å². The van der Waals surface area contributed by atoms with Crippen LogP contribution in [0.5, 0.6) is 0 Å². The molecule has 0 fully saturated rings. The maximum Gasteiger partial charge on any atom is 0.189 e. The fourth-order valence-corrected chi connectivity index (χ4v) is 2.50. The first-order valence-electron chi connectivity index (χ1n) is 7.43. The number of thioether (sulfide) groups is 1. The van der Waals surface area contributed by atoms with Gasteiger partial charge in [0, 0.05) is 5.56 Å². The van der Waals surface area contributed by atoms with E-state index in [0.717, 1.165) is 17.5 Å². The van der Waals surface area contributed by atoms with Crippen LogP contribution in [0.3, 0.4) is 0 Å². The van der Waals surface area contributed by atoms with E-state index in [4.69, 9.17) is 0 Å². The predicted molar refractivity (Wildman–Crippen MR) is 93.5 cm³/mol. The Hall–Kier alpha value is -2.10. The van der Waals surface area contributed by atoms with Gasteiger partial charge >= 0.3 is 0 Å². The highest BCUT2D eigenvalue weighted by molar-refractivity contribution is 7.98. The molecule has 0 aliphatic heterocycles. The number of hydrogen-bond donors (Lipinski definition) is 2. The minimum absolute atomic E-state index is 0.0140. The summed E-state index contributed by atoms with van der Waals surface area (Å²) in [5.74, 6) is 0.475. The monoisotopic (exact) mass is 328 g/mol. The number of aliphatic hydroxyl groups is 1. The molecule has 1 heterocycles. The van der Waals surface area contributed by atoms with E-state index in [1.54, 1.807) is 0 Å². The Kier molecular flexibility index (Phi) is 5.97. The van der Waals surface area contributed by atoms with Crippen LogP contribution in [0.25, 0.3) is 11.3 Å². The zero-order valence-electron chi connectivity index (χ0n) is 13.5. The summed E-state index contributed by atoms with van der Waals surface area (Å²) in [4.78, 5) is 8.92. The van der Waals surface area contributed by atoms with E-state index >= 15 is 0 Å². The number of anilines is 1. The smallest absolute Gasteiger partial charge is 0.189 e. The molecule has 2 aromatic rings. The second-order valence-corrected chi connectivity index (χ2v) is 5.97. The van der Waals surface area contributed by atoms with Crippen LogP contribution in [0.15, 0.2) is 29.4 Å². The minimum atomic E-state index is -0.141. The van der Waals surface area contributed by atoms with Gasteiger partial charge in [0.1, 0.15) is 17.5 Å². The largest absolute Gasteiger partial charge is 0.394 e. The summed E-state index contributed by atoms with van der Waals surface area (Å²) in [5, 5.41) is 22.7. The van der Waals surface area contributed by atoms with Crippen LogP contribution < -0.4 is 5.32 Å². The van der Waals surface area contributed by atoms with E-state index in [1.165, 1.54) is 11.8 Å².